The molecular formula is C23H30N2. The third-order valence-corrected chi connectivity index (χ3v) is 4.04. The van der Waals surface area contributed by atoms with Crippen molar-refractivity contribution in [1.82, 2.24) is 9.38 Å². The summed E-state index contributed by atoms with van der Waals surface area (Å²) in [4.78, 5) is 4.60. The zero-order chi connectivity index (χ0) is 18.4. The molecule has 0 aliphatic heterocycles. The predicted molar refractivity (Wildman–Crippen MR) is 112 cm³/mol. The second-order valence-corrected chi connectivity index (χ2v) is 6.27. The molecule has 2 heterocycles. The minimum Gasteiger partial charge on any atom is -0.299 e. The van der Waals surface area contributed by atoms with E-state index < -0.39 is 0 Å². The molecule has 132 valence electrons. The van der Waals surface area contributed by atoms with Crippen LogP contribution in [0.15, 0.2) is 54.9 Å². The molecule has 0 unspecified atom stereocenters. The van der Waals surface area contributed by atoms with E-state index in [4.69, 9.17) is 0 Å². The van der Waals surface area contributed by atoms with Crippen LogP contribution < -0.4 is 0 Å². The van der Waals surface area contributed by atoms with E-state index in [-0.39, 0.29) is 0 Å². The molecule has 0 aliphatic carbocycles. The largest absolute Gasteiger partial charge is 0.299 e. The minimum absolute atomic E-state index is 0.486. The number of imidazole rings is 1. The van der Waals surface area contributed by atoms with Crippen molar-refractivity contribution >= 4 is 27.3 Å². The van der Waals surface area contributed by atoms with Crippen molar-refractivity contribution in [3.8, 4) is 0 Å². The van der Waals surface area contributed by atoms with Crippen molar-refractivity contribution < 1.29 is 0 Å². The summed E-state index contributed by atoms with van der Waals surface area (Å²) in [5.41, 5.74) is 3.64. The lowest BCUT2D eigenvalue weighted by molar-refractivity contribution is 0.876. The smallest absolute Gasteiger partial charge is 0.145 e. The van der Waals surface area contributed by atoms with E-state index in [9.17, 15) is 0 Å². The van der Waals surface area contributed by atoms with Crippen LogP contribution in [0.25, 0.3) is 27.3 Å². The molecule has 0 aliphatic rings. The molecule has 0 amide bonds. The highest BCUT2D eigenvalue weighted by molar-refractivity contribution is 6.13. The van der Waals surface area contributed by atoms with E-state index in [0.29, 0.717) is 5.92 Å². The summed E-state index contributed by atoms with van der Waals surface area (Å²) in [6.07, 6.45) is 5.19. The molecule has 2 aromatic heterocycles. The second kappa shape index (κ2) is 8.66. The van der Waals surface area contributed by atoms with Gasteiger partial charge < -0.3 is 0 Å². The van der Waals surface area contributed by atoms with Crippen LogP contribution in [-0.2, 0) is 0 Å². The molecule has 0 saturated carbocycles. The molecule has 2 nitrogen and oxygen atoms in total. The summed E-state index contributed by atoms with van der Waals surface area (Å²) < 4.78 is 2.20. The summed E-state index contributed by atoms with van der Waals surface area (Å²) in [5.74, 6) is 0.486. The normalized spacial score (nSPS) is 10.5. The van der Waals surface area contributed by atoms with Gasteiger partial charge in [0.1, 0.15) is 5.65 Å². The summed E-state index contributed by atoms with van der Waals surface area (Å²) in [6, 6.07) is 15.1. The first-order valence-corrected chi connectivity index (χ1v) is 9.45. The molecule has 2 aromatic carbocycles. The van der Waals surface area contributed by atoms with Crippen molar-refractivity contribution in [2.45, 2.75) is 53.9 Å². The lowest BCUT2D eigenvalue weighted by Gasteiger charge is -2.14. The number of benzene rings is 2. The number of rotatable bonds is 1. The van der Waals surface area contributed by atoms with Crippen LogP contribution in [0.3, 0.4) is 0 Å². The van der Waals surface area contributed by atoms with Crippen LogP contribution in [0.4, 0.5) is 0 Å². The van der Waals surface area contributed by atoms with Gasteiger partial charge in [-0.25, -0.2) is 4.98 Å². The molecule has 0 saturated heterocycles. The van der Waals surface area contributed by atoms with Gasteiger partial charge in [0.25, 0.3) is 0 Å². The predicted octanol–water partition coefficient (Wildman–Crippen LogP) is 7.21. The maximum atomic E-state index is 4.60. The Morgan fingerprint density at radius 3 is 2.24 bits per heavy atom. The fourth-order valence-corrected chi connectivity index (χ4v) is 3.12. The molecular weight excluding hydrogens is 304 g/mol. The van der Waals surface area contributed by atoms with E-state index >= 15 is 0 Å². The molecule has 4 aromatic rings. The maximum absolute atomic E-state index is 4.60. The average Bonchev–Trinajstić information content (AvgIpc) is 3.14. The van der Waals surface area contributed by atoms with E-state index in [1.54, 1.807) is 0 Å². The molecule has 0 radical (unpaired) electrons. The third-order valence-electron chi connectivity index (χ3n) is 4.04. The van der Waals surface area contributed by atoms with Gasteiger partial charge in [0.2, 0.25) is 0 Å². The zero-order valence-corrected chi connectivity index (χ0v) is 16.4. The number of para-hydroxylation sites is 1. The first-order valence-electron chi connectivity index (χ1n) is 9.45. The standard InChI is InChI=1S/C18H16N2.C3H8.C2H6/c1-12(2)13-7-5-8-15-14-6-3-4-9-16(14)20-11-10-19-18(20)17(13)15;1-3-2;1-2/h3-12H,1-2H3;3H2,1-2H3;1-2H3. The highest BCUT2D eigenvalue weighted by Crippen LogP contribution is 2.33. The Morgan fingerprint density at radius 1 is 0.920 bits per heavy atom. The van der Waals surface area contributed by atoms with Gasteiger partial charge in [-0.1, -0.05) is 84.4 Å². The Kier molecular flexibility index (Phi) is 6.58. The van der Waals surface area contributed by atoms with Crippen LogP contribution in [-0.4, -0.2) is 9.38 Å². The number of fused-ring (bicyclic) bond motifs is 6. The first-order chi connectivity index (χ1) is 12.2. The van der Waals surface area contributed by atoms with Crippen LogP contribution in [0.5, 0.6) is 0 Å². The Labute approximate surface area is 151 Å². The molecule has 0 fully saturated rings. The van der Waals surface area contributed by atoms with Gasteiger partial charge in [-0.05, 0) is 22.9 Å². The number of nitrogens with zero attached hydrogens (tertiary/aromatic N) is 2. The Morgan fingerprint density at radius 2 is 1.56 bits per heavy atom. The summed E-state index contributed by atoms with van der Waals surface area (Å²) >= 11 is 0. The van der Waals surface area contributed by atoms with E-state index in [0.717, 1.165) is 5.65 Å². The van der Waals surface area contributed by atoms with Crippen molar-refractivity contribution in [3.05, 3.63) is 60.4 Å². The highest BCUT2D eigenvalue weighted by Gasteiger charge is 2.13. The molecule has 0 N–H and O–H groups in total. The second-order valence-electron chi connectivity index (χ2n) is 6.27. The molecule has 0 atom stereocenters. The van der Waals surface area contributed by atoms with Crippen molar-refractivity contribution in [3.63, 3.8) is 0 Å². The lowest BCUT2D eigenvalue weighted by Crippen LogP contribution is -1.95. The highest BCUT2D eigenvalue weighted by atomic mass is 15.0. The minimum atomic E-state index is 0.486. The SMILES string of the molecule is CC.CC(C)c1cccc2c3ccccc3n3ccnc3c12.CCC. The third kappa shape index (κ3) is 3.53. The average molecular weight is 335 g/mol. The molecule has 2 heteroatoms. The summed E-state index contributed by atoms with van der Waals surface area (Å²) in [6.45, 7) is 12.7. The van der Waals surface area contributed by atoms with Crippen molar-refractivity contribution in [2.24, 2.45) is 0 Å². The van der Waals surface area contributed by atoms with Crippen molar-refractivity contribution in [2.75, 3.05) is 0 Å². The molecule has 4 rings (SSSR count). The van der Waals surface area contributed by atoms with Crippen LogP contribution in [0, 0.1) is 0 Å². The van der Waals surface area contributed by atoms with Gasteiger partial charge in [0.05, 0.1) is 5.52 Å². The molecule has 0 spiro atoms. The van der Waals surface area contributed by atoms with Gasteiger partial charge in [-0.15, -0.1) is 0 Å². The monoisotopic (exact) mass is 334 g/mol. The topological polar surface area (TPSA) is 17.3 Å². The fraction of sp³-hybridized carbons (Fsp3) is 0.348. The number of hydrogen-bond donors (Lipinski definition) is 0. The number of hydrogen-bond acceptors (Lipinski definition) is 1. The number of aromatic nitrogens is 2. The number of pyridine rings is 1. The van der Waals surface area contributed by atoms with E-state index in [1.165, 1.54) is 33.7 Å². The Bertz CT molecular complexity index is 948. The van der Waals surface area contributed by atoms with Gasteiger partial charge in [-0.3, -0.25) is 4.40 Å². The lowest BCUT2D eigenvalue weighted by atomic mass is 9.95. The quantitative estimate of drug-likeness (QED) is 0.336. The van der Waals surface area contributed by atoms with Crippen LogP contribution in [0.2, 0.25) is 0 Å². The van der Waals surface area contributed by atoms with Gasteiger partial charge in [0, 0.05) is 23.2 Å². The fourth-order valence-electron chi connectivity index (χ4n) is 3.12. The molecule has 25 heavy (non-hydrogen) atoms. The summed E-state index contributed by atoms with van der Waals surface area (Å²) in [5, 5.41) is 3.87. The van der Waals surface area contributed by atoms with Crippen LogP contribution >= 0.6 is 0 Å². The van der Waals surface area contributed by atoms with E-state index in [1.807, 2.05) is 26.2 Å². The Balaban J connectivity index is 0.000000410. The first kappa shape index (κ1) is 19.0. The van der Waals surface area contributed by atoms with Gasteiger partial charge in [0.15, 0.2) is 0 Å². The Hall–Kier alpha value is -2.35. The zero-order valence-electron chi connectivity index (χ0n) is 16.4. The summed E-state index contributed by atoms with van der Waals surface area (Å²) in [7, 11) is 0. The van der Waals surface area contributed by atoms with Crippen molar-refractivity contribution in [1.29, 1.82) is 0 Å². The van der Waals surface area contributed by atoms with E-state index in [2.05, 4.69) is 79.5 Å². The van der Waals surface area contributed by atoms with Gasteiger partial charge in [-0.2, -0.15) is 0 Å². The van der Waals surface area contributed by atoms with Crippen LogP contribution in [0.1, 0.15) is 59.4 Å². The maximum Gasteiger partial charge on any atom is 0.145 e. The van der Waals surface area contributed by atoms with Gasteiger partial charge >= 0.3 is 0 Å². The molecule has 0 bridgehead atoms.